The zero-order chi connectivity index (χ0) is 21.4. The molecular weight excluding hydrogens is 394 g/mol. The molecule has 0 aliphatic rings. The summed E-state index contributed by atoms with van der Waals surface area (Å²) in [4.78, 5) is 4.59. The van der Waals surface area contributed by atoms with E-state index in [0.29, 0.717) is 5.89 Å². The van der Waals surface area contributed by atoms with Crippen LogP contribution in [0.3, 0.4) is 0 Å². The molecule has 0 amide bonds. The van der Waals surface area contributed by atoms with E-state index in [1.807, 2.05) is 24.3 Å². The molecular formula is C28H25NOSi. The fourth-order valence-electron chi connectivity index (χ4n) is 3.82. The van der Waals surface area contributed by atoms with Crippen LogP contribution < -0.4 is 5.19 Å². The monoisotopic (exact) mass is 419 g/mol. The molecule has 5 rings (SSSR count). The smallest absolute Gasteiger partial charge is 0.227 e. The maximum absolute atomic E-state index is 5.89. The van der Waals surface area contributed by atoms with Crippen molar-refractivity contribution in [2.45, 2.75) is 19.6 Å². The van der Waals surface area contributed by atoms with E-state index in [9.17, 15) is 0 Å². The van der Waals surface area contributed by atoms with E-state index in [1.165, 1.54) is 27.4 Å². The molecule has 0 radical (unpaired) electrons. The second kappa shape index (κ2) is 7.68. The van der Waals surface area contributed by atoms with Crippen LogP contribution in [0.1, 0.15) is 0 Å². The molecule has 3 heteroatoms. The van der Waals surface area contributed by atoms with Gasteiger partial charge in [-0.2, -0.15) is 0 Å². The highest BCUT2D eigenvalue weighted by Gasteiger charge is 2.16. The molecule has 0 saturated heterocycles. The van der Waals surface area contributed by atoms with Gasteiger partial charge in [-0.25, -0.2) is 4.98 Å². The molecule has 0 aliphatic heterocycles. The lowest BCUT2D eigenvalue weighted by atomic mass is 9.99. The van der Waals surface area contributed by atoms with Gasteiger partial charge in [-0.05, 0) is 46.5 Å². The number of hydrogen-bond acceptors (Lipinski definition) is 2. The van der Waals surface area contributed by atoms with Crippen LogP contribution in [-0.4, -0.2) is 13.1 Å². The van der Waals surface area contributed by atoms with Crippen molar-refractivity contribution in [2.24, 2.45) is 0 Å². The van der Waals surface area contributed by atoms with Crippen LogP contribution in [0, 0.1) is 0 Å². The lowest BCUT2D eigenvalue weighted by Gasteiger charge is -2.17. The van der Waals surface area contributed by atoms with Crippen molar-refractivity contribution >= 4 is 24.4 Å². The van der Waals surface area contributed by atoms with Crippen molar-refractivity contribution in [2.75, 3.05) is 0 Å². The first-order valence-electron chi connectivity index (χ1n) is 10.6. The first-order valence-corrected chi connectivity index (χ1v) is 14.1. The first kappa shape index (κ1) is 19.5. The van der Waals surface area contributed by atoms with Crippen LogP contribution in [0.2, 0.25) is 19.6 Å². The van der Waals surface area contributed by atoms with E-state index in [1.54, 1.807) is 0 Å². The molecule has 4 aromatic carbocycles. The largest absolute Gasteiger partial charge is 0.436 e. The van der Waals surface area contributed by atoms with Gasteiger partial charge in [-0.3, -0.25) is 0 Å². The second-order valence-corrected chi connectivity index (χ2v) is 14.0. The zero-order valence-electron chi connectivity index (χ0n) is 18.1. The SMILES string of the molecule is C[Si](C)(C)c1cccc(-c2ccc(-c3ccc(-c4nc5ccccc5o4)cc3)cc2)c1. The number of aromatic nitrogens is 1. The van der Waals surface area contributed by atoms with E-state index < -0.39 is 8.07 Å². The summed E-state index contributed by atoms with van der Waals surface area (Å²) in [5.41, 5.74) is 7.62. The molecule has 31 heavy (non-hydrogen) atoms. The van der Waals surface area contributed by atoms with Gasteiger partial charge in [0.2, 0.25) is 5.89 Å². The number of oxazole rings is 1. The predicted octanol–water partition coefficient (Wildman–Crippen LogP) is 7.37. The lowest BCUT2D eigenvalue weighted by Crippen LogP contribution is -2.37. The molecule has 0 spiro atoms. The normalized spacial score (nSPS) is 11.7. The Kier molecular flexibility index (Phi) is 4.83. The predicted molar refractivity (Wildman–Crippen MR) is 133 cm³/mol. The van der Waals surface area contributed by atoms with Gasteiger partial charge >= 0.3 is 0 Å². The lowest BCUT2D eigenvalue weighted by molar-refractivity contribution is 0.620. The second-order valence-electron chi connectivity index (χ2n) is 8.97. The quantitative estimate of drug-likeness (QED) is 0.284. The molecule has 0 bridgehead atoms. The summed E-state index contributed by atoms with van der Waals surface area (Å²) in [5.74, 6) is 0.658. The van der Waals surface area contributed by atoms with Crippen LogP contribution in [0.4, 0.5) is 0 Å². The van der Waals surface area contributed by atoms with Crippen LogP contribution in [0.5, 0.6) is 0 Å². The highest BCUT2D eigenvalue weighted by atomic mass is 28.3. The molecule has 152 valence electrons. The standard InChI is InChI=1S/C28H25NOSi/c1-31(2,3)25-8-6-7-24(19-25)22-13-11-20(12-14-22)21-15-17-23(18-16-21)28-29-26-9-4-5-10-27(26)30-28/h4-19H,1-3H3. The summed E-state index contributed by atoms with van der Waals surface area (Å²) in [6.45, 7) is 7.17. The van der Waals surface area contributed by atoms with Gasteiger partial charge < -0.3 is 4.42 Å². The minimum atomic E-state index is -1.32. The highest BCUT2D eigenvalue weighted by molar-refractivity contribution is 6.88. The minimum absolute atomic E-state index is 0.658. The maximum Gasteiger partial charge on any atom is 0.227 e. The number of fused-ring (bicyclic) bond motifs is 1. The van der Waals surface area contributed by atoms with Crippen molar-refractivity contribution < 1.29 is 4.42 Å². The van der Waals surface area contributed by atoms with Gasteiger partial charge in [0, 0.05) is 5.56 Å². The maximum atomic E-state index is 5.89. The fraction of sp³-hybridized carbons (Fsp3) is 0.107. The first-order chi connectivity index (χ1) is 15.0. The average molecular weight is 420 g/mol. The summed E-state index contributed by atoms with van der Waals surface area (Å²) < 4.78 is 5.89. The van der Waals surface area contributed by atoms with Crippen LogP contribution in [-0.2, 0) is 0 Å². The Morgan fingerprint density at radius 3 is 1.77 bits per heavy atom. The zero-order valence-corrected chi connectivity index (χ0v) is 19.1. The molecule has 1 heterocycles. The number of para-hydroxylation sites is 2. The Balaban J connectivity index is 1.40. The van der Waals surface area contributed by atoms with Gasteiger partial charge in [-0.15, -0.1) is 0 Å². The number of benzene rings is 4. The molecule has 0 atom stereocenters. The topological polar surface area (TPSA) is 26.0 Å². The Morgan fingerprint density at radius 1 is 0.581 bits per heavy atom. The molecule has 0 N–H and O–H groups in total. The third-order valence-corrected chi connectivity index (χ3v) is 7.75. The summed E-state index contributed by atoms with van der Waals surface area (Å²) in [5, 5.41) is 1.49. The Hall–Kier alpha value is -3.43. The summed E-state index contributed by atoms with van der Waals surface area (Å²) in [7, 11) is -1.32. The fourth-order valence-corrected chi connectivity index (χ4v) is 5.01. The molecule has 0 fully saturated rings. The minimum Gasteiger partial charge on any atom is -0.436 e. The van der Waals surface area contributed by atoms with Crippen molar-refractivity contribution in [3.63, 3.8) is 0 Å². The van der Waals surface area contributed by atoms with Crippen LogP contribution in [0.25, 0.3) is 44.8 Å². The van der Waals surface area contributed by atoms with Crippen molar-refractivity contribution in [1.82, 2.24) is 4.98 Å². The van der Waals surface area contributed by atoms with Crippen LogP contribution in [0.15, 0.2) is 101 Å². The number of rotatable bonds is 4. The molecule has 2 nitrogen and oxygen atoms in total. The number of nitrogens with zero attached hydrogens (tertiary/aromatic N) is 1. The van der Waals surface area contributed by atoms with Crippen molar-refractivity contribution in [3.05, 3.63) is 97.1 Å². The Bertz CT molecular complexity index is 1310. The van der Waals surface area contributed by atoms with Gasteiger partial charge in [0.05, 0.1) is 8.07 Å². The van der Waals surface area contributed by atoms with E-state index in [4.69, 9.17) is 4.42 Å². The molecule has 5 aromatic rings. The number of hydrogen-bond donors (Lipinski definition) is 0. The van der Waals surface area contributed by atoms with Crippen molar-refractivity contribution in [1.29, 1.82) is 0 Å². The Labute approximate surface area is 184 Å². The summed E-state index contributed by atoms with van der Waals surface area (Å²) in [6, 6.07) is 34.1. The van der Waals surface area contributed by atoms with Crippen molar-refractivity contribution in [3.8, 4) is 33.7 Å². The third-order valence-electron chi connectivity index (χ3n) is 5.71. The third kappa shape index (κ3) is 3.97. The van der Waals surface area contributed by atoms with Gasteiger partial charge in [0.15, 0.2) is 5.58 Å². The highest BCUT2D eigenvalue weighted by Crippen LogP contribution is 2.28. The molecule has 0 unspecified atom stereocenters. The van der Waals surface area contributed by atoms with E-state index in [0.717, 1.165) is 16.7 Å². The van der Waals surface area contributed by atoms with Crippen LogP contribution >= 0.6 is 0 Å². The molecule has 0 aliphatic carbocycles. The van der Waals surface area contributed by atoms with Gasteiger partial charge in [0.25, 0.3) is 0 Å². The summed E-state index contributed by atoms with van der Waals surface area (Å²) >= 11 is 0. The van der Waals surface area contributed by atoms with Gasteiger partial charge in [-0.1, -0.05) is 97.6 Å². The van der Waals surface area contributed by atoms with Gasteiger partial charge in [0.1, 0.15) is 5.52 Å². The molecule has 0 saturated carbocycles. The summed E-state index contributed by atoms with van der Waals surface area (Å²) in [6.07, 6.45) is 0. The van der Waals surface area contributed by atoms with E-state index in [-0.39, 0.29) is 0 Å². The van der Waals surface area contributed by atoms with E-state index >= 15 is 0 Å². The van der Waals surface area contributed by atoms with E-state index in [2.05, 4.69) is 97.4 Å². The molecule has 1 aromatic heterocycles. The Morgan fingerprint density at radius 2 is 1.16 bits per heavy atom. The average Bonchev–Trinajstić information content (AvgIpc) is 3.23.